The van der Waals surface area contributed by atoms with E-state index in [2.05, 4.69) is 31.7 Å². The van der Waals surface area contributed by atoms with Crippen molar-refractivity contribution in [1.82, 2.24) is 36.7 Å². The number of amides is 7. The molecule has 0 aliphatic carbocycles. The number of urea groups is 1. The summed E-state index contributed by atoms with van der Waals surface area (Å²) in [6, 6.07) is 16.9. The first-order valence-electron chi connectivity index (χ1n) is 19.1. The number of unbranched alkanes of at least 4 members (excludes halogenated alkanes) is 1. The minimum atomic E-state index is -1.22. The van der Waals surface area contributed by atoms with Crippen LogP contribution in [-0.2, 0) is 43.4 Å². The number of ether oxygens (including phenoxy) is 1. The molecule has 5 atom stereocenters. The van der Waals surface area contributed by atoms with E-state index in [1.54, 1.807) is 60.8 Å². The molecule has 1 heterocycles. The Hall–Kier alpha value is -6.46. The molecule has 310 valence electrons. The summed E-state index contributed by atoms with van der Waals surface area (Å²) in [5, 5.41) is 12.5. The number of rotatable bonds is 20. The van der Waals surface area contributed by atoms with Gasteiger partial charge < -0.3 is 48.2 Å². The van der Waals surface area contributed by atoms with Crippen LogP contribution in [0.5, 0.6) is 5.75 Å². The first kappa shape index (κ1) is 44.3. The molecule has 0 spiro atoms. The fraction of sp³-hybridized carbons (Fsp3) is 0.366. The number of nitrogens with one attached hydrogen (secondary N) is 6. The maximum Gasteiger partial charge on any atom is 0.337 e. The summed E-state index contributed by atoms with van der Waals surface area (Å²) in [6.45, 7) is 3.15. The highest BCUT2D eigenvalue weighted by molar-refractivity contribution is 5.95. The molecule has 0 bridgehead atoms. The van der Waals surface area contributed by atoms with Gasteiger partial charge in [0.2, 0.25) is 23.6 Å². The molecule has 1 aromatic heterocycles. The molecule has 0 fully saturated rings. The topological polar surface area (TPSA) is 269 Å². The third-order valence-electron chi connectivity index (χ3n) is 9.39. The van der Waals surface area contributed by atoms with Gasteiger partial charge in [-0.25, -0.2) is 9.80 Å². The van der Waals surface area contributed by atoms with Crippen molar-refractivity contribution in [2.24, 2.45) is 17.2 Å². The molecule has 17 nitrogen and oxygen atoms in total. The molecule has 0 saturated heterocycles. The number of nitrogens with zero attached hydrogens (tertiary/aromatic N) is 1. The molecule has 4 aromatic rings. The first-order valence-corrected chi connectivity index (χ1v) is 19.1. The van der Waals surface area contributed by atoms with Gasteiger partial charge in [0, 0.05) is 29.9 Å². The highest BCUT2D eigenvalue weighted by atomic mass is 16.5. The number of hydrogen-bond acceptors (Lipinski definition) is 9. The monoisotopic (exact) mass is 798 g/mol. The fourth-order valence-corrected chi connectivity index (χ4v) is 6.05. The van der Waals surface area contributed by atoms with Gasteiger partial charge in [0.25, 0.3) is 5.91 Å². The number of nitrogens with two attached hydrogens (primary N) is 3. The Balaban J connectivity index is 1.56. The predicted molar refractivity (Wildman–Crippen MR) is 218 cm³/mol. The number of primary amides is 1. The number of H-pyrrole nitrogens is 1. The van der Waals surface area contributed by atoms with E-state index >= 15 is 0 Å². The Morgan fingerprint density at radius 1 is 0.724 bits per heavy atom. The van der Waals surface area contributed by atoms with Crippen molar-refractivity contribution in [3.05, 3.63) is 102 Å². The predicted octanol–water partition coefficient (Wildman–Crippen LogP) is 1.01. The lowest BCUT2D eigenvalue weighted by Gasteiger charge is -2.29. The van der Waals surface area contributed by atoms with E-state index in [0.29, 0.717) is 36.3 Å². The summed E-state index contributed by atoms with van der Waals surface area (Å²) in [4.78, 5) is 83.4. The summed E-state index contributed by atoms with van der Waals surface area (Å²) < 4.78 is 5.26. The number of benzene rings is 3. The summed E-state index contributed by atoms with van der Waals surface area (Å²) in [6.07, 6.45) is 3.28. The van der Waals surface area contributed by atoms with Crippen LogP contribution in [0, 0.1) is 0 Å². The summed E-state index contributed by atoms with van der Waals surface area (Å²) in [7, 11) is 1.51. The molecule has 7 amide bonds. The van der Waals surface area contributed by atoms with Gasteiger partial charge in [-0.15, -0.1) is 0 Å². The van der Waals surface area contributed by atoms with Gasteiger partial charge in [0.1, 0.15) is 29.9 Å². The van der Waals surface area contributed by atoms with Gasteiger partial charge in [-0.2, -0.15) is 0 Å². The van der Waals surface area contributed by atoms with E-state index in [9.17, 15) is 28.8 Å². The maximum atomic E-state index is 14.1. The smallest absolute Gasteiger partial charge is 0.337 e. The molecule has 4 rings (SSSR count). The second-order valence-corrected chi connectivity index (χ2v) is 14.0. The number of fused-ring (bicyclic) bond motifs is 1. The van der Waals surface area contributed by atoms with E-state index in [-0.39, 0.29) is 25.8 Å². The number of carbonyl (C=O) groups is 6. The summed E-state index contributed by atoms with van der Waals surface area (Å²) >= 11 is 0. The SMILES string of the molecule is COc1ccc(CN(NC(=O)[C@H](C)NC(=O)[C@@H](Cc2c[nH]c3ccccc23)NC(=O)[C@H](C)N)C(=O)N[C@H](Cc2ccccc2)C(=O)N[C@@H](CCCCN)C(N)=O)cc1. The van der Waals surface area contributed by atoms with Gasteiger partial charge in [0.05, 0.1) is 19.7 Å². The van der Waals surface area contributed by atoms with Crippen LogP contribution in [0.25, 0.3) is 10.9 Å². The molecular formula is C41H54N10O7. The molecule has 17 heteroatoms. The number of aromatic amines is 1. The van der Waals surface area contributed by atoms with Crippen LogP contribution in [0.1, 0.15) is 49.8 Å². The second kappa shape index (κ2) is 21.7. The van der Waals surface area contributed by atoms with Crippen LogP contribution < -0.4 is 48.6 Å². The first-order chi connectivity index (χ1) is 27.8. The lowest BCUT2D eigenvalue weighted by molar-refractivity contribution is -0.133. The Bertz CT molecular complexity index is 2000. The summed E-state index contributed by atoms with van der Waals surface area (Å²) in [5.41, 5.74) is 22.5. The fourth-order valence-electron chi connectivity index (χ4n) is 6.05. The minimum absolute atomic E-state index is 0.0361. The lowest BCUT2D eigenvalue weighted by atomic mass is 10.0. The number of aromatic nitrogens is 1. The molecule has 12 N–H and O–H groups in total. The van der Waals surface area contributed by atoms with Crippen molar-refractivity contribution < 1.29 is 33.5 Å². The van der Waals surface area contributed by atoms with Gasteiger partial charge in [-0.1, -0.05) is 60.7 Å². The third-order valence-corrected chi connectivity index (χ3v) is 9.39. The number of carbonyl (C=O) groups excluding carboxylic acids is 6. The van der Waals surface area contributed by atoms with Gasteiger partial charge >= 0.3 is 6.03 Å². The number of methoxy groups -OCH3 is 1. The van der Waals surface area contributed by atoms with Crippen molar-refractivity contribution in [1.29, 1.82) is 0 Å². The van der Waals surface area contributed by atoms with Crippen molar-refractivity contribution in [3.8, 4) is 5.75 Å². The van der Waals surface area contributed by atoms with Crippen LogP contribution in [0.3, 0.4) is 0 Å². The van der Waals surface area contributed by atoms with Crippen molar-refractivity contribution >= 4 is 46.5 Å². The second-order valence-electron chi connectivity index (χ2n) is 14.0. The number of hydrazine groups is 1. The van der Waals surface area contributed by atoms with E-state index in [1.165, 1.54) is 21.0 Å². The van der Waals surface area contributed by atoms with E-state index in [0.717, 1.165) is 21.5 Å². The van der Waals surface area contributed by atoms with Crippen LogP contribution in [-0.4, -0.2) is 89.4 Å². The van der Waals surface area contributed by atoms with Gasteiger partial charge in [-0.3, -0.25) is 29.4 Å². The highest BCUT2D eigenvalue weighted by Gasteiger charge is 2.31. The molecule has 0 aliphatic rings. The number of para-hydroxylation sites is 1. The Kier molecular flexibility index (Phi) is 16.6. The average Bonchev–Trinajstić information content (AvgIpc) is 3.62. The quantitative estimate of drug-likeness (QED) is 0.0456. The zero-order valence-corrected chi connectivity index (χ0v) is 33.0. The average molecular weight is 799 g/mol. The molecule has 3 aromatic carbocycles. The molecule has 0 unspecified atom stereocenters. The molecular weight excluding hydrogens is 745 g/mol. The highest BCUT2D eigenvalue weighted by Crippen LogP contribution is 2.19. The maximum absolute atomic E-state index is 14.1. The van der Waals surface area contributed by atoms with Crippen molar-refractivity contribution in [2.75, 3.05) is 13.7 Å². The van der Waals surface area contributed by atoms with Crippen molar-refractivity contribution in [3.63, 3.8) is 0 Å². The minimum Gasteiger partial charge on any atom is -0.497 e. The Morgan fingerprint density at radius 3 is 2.02 bits per heavy atom. The van der Waals surface area contributed by atoms with E-state index in [4.69, 9.17) is 21.9 Å². The largest absolute Gasteiger partial charge is 0.497 e. The van der Waals surface area contributed by atoms with Gasteiger partial charge in [-0.05, 0) is 74.5 Å². The van der Waals surface area contributed by atoms with Crippen molar-refractivity contribution in [2.45, 2.75) is 82.7 Å². The molecule has 0 saturated carbocycles. The number of hydrogen-bond donors (Lipinski definition) is 9. The Labute approximate surface area is 337 Å². The molecule has 58 heavy (non-hydrogen) atoms. The lowest BCUT2D eigenvalue weighted by Crippen LogP contribution is -2.60. The van der Waals surface area contributed by atoms with Crippen LogP contribution in [0.4, 0.5) is 4.79 Å². The standard InChI is InChI=1S/C41H54N10O7/c1-25(43)37(53)48-35(22-29-23-45-32-14-8-7-13-31(29)32)39(55)46-26(2)38(54)50-51(24-28-16-18-30(58-3)19-17-28)41(57)49-34(21-27-11-5-4-6-12-27)40(56)47-33(36(44)52)15-9-10-20-42/h4-8,11-14,16-19,23,25-26,33-35,45H,9-10,15,20-22,24,42-43H2,1-3H3,(H2,44,52)(H,46,55)(H,47,56)(H,48,53)(H,49,57)(H,50,54)/t25-,26-,33-,34+,35+/m0/s1. The Morgan fingerprint density at radius 2 is 1.36 bits per heavy atom. The normalized spacial score (nSPS) is 13.5. The van der Waals surface area contributed by atoms with E-state index in [1.807, 2.05) is 24.3 Å². The van der Waals surface area contributed by atoms with Gasteiger partial charge in [0.15, 0.2) is 0 Å². The van der Waals surface area contributed by atoms with Crippen LogP contribution >= 0.6 is 0 Å². The summed E-state index contributed by atoms with van der Waals surface area (Å²) in [5.74, 6) is -2.84. The molecule has 0 radical (unpaired) electrons. The third kappa shape index (κ3) is 13.1. The zero-order valence-electron chi connectivity index (χ0n) is 33.0. The van der Waals surface area contributed by atoms with Crippen LogP contribution in [0.2, 0.25) is 0 Å². The zero-order chi connectivity index (χ0) is 42.2. The van der Waals surface area contributed by atoms with Crippen LogP contribution in [0.15, 0.2) is 85.1 Å². The molecule has 0 aliphatic heterocycles. The van der Waals surface area contributed by atoms with E-state index < -0.39 is 65.8 Å².